The standard InChI is InChI=1S/C15H19FN2O3/c1-2-21-15(20)10-3-5-18(6-4-10)14(19)11-7-12(16)9-13(17)8-11/h7-10H,2-6,17H2,1H3. The van der Waals surface area contributed by atoms with Gasteiger partial charge in [-0.25, -0.2) is 4.39 Å². The molecule has 1 heterocycles. The van der Waals surface area contributed by atoms with Gasteiger partial charge in [-0.05, 0) is 38.0 Å². The van der Waals surface area contributed by atoms with E-state index in [1.807, 2.05) is 0 Å². The molecule has 1 fully saturated rings. The molecule has 1 aliphatic rings. The van der Waals surface area contributed by atoms with Gasteiger partial charge in [-0.1, -0.05) is 0 Å². The molecule has 0 radical (unpaired) electrons. The number of likely N-dealkylation sites (tertiary alicyclic amines) is 1. The van der Waals surface area contributed by atoms with Gasteiger partial charge in [-0.2, -0.15) is 0 Å². The molecule has 1 aromatic carbocycles. The van der Waals surface area contributed by atoms with Gasteiger partial charge in [0.05, 0.1) is 12.5 Å². The number of carbonyl (C=O) groups excluding carboxylic acids is 2. The number of nitrogens with zero attached hydrogens (tertiary/aromatic N) is 1. The van der Waals surface area contributed by atoms with Crippen molar-refractivity contribution in [1.82, 2.24) is 4.90 Å². The maximum Gasteiger partial charge on any atom is 0.309 e. The number of piperidine rings is 1. The average molecular weight is 294 g/mol. The molecule has 2 N–H and O–H groups in total. The number of amides is 1. The first-order chi connectivity index (χ1) is 10.0. The van der Waals surface area contributed by atoms with Gasteiger partial charge < -0.3 is 15.4 Å². The van der Waals surface area contributed by atoms with Crippen molar-refractivity contribution in [1.29, 1.82) is 0 Å². The average Bonchev–Trinajstić information content (AvgIpc) is 2.46. The zero-order chi connectivity index (χ0) is 15.4. The fourth-order valence-corrected chi connectivity index (χ4v) is 2.50. The molecule has 1 aromatic rings. The molecule has 1 saturated heterocycles. The lowest BCUT2D eigenvalue weighted by Gasteiger charge is -2.31. The summed E-state index contributed by atoms with van der Waals surface area (Å²) in [6, 6.07) is 3.81. The molecule has 6 heteroatoms. The Labute approximate surface area is 122 Å². The van der Waals surface area contributed by atoms with Crippen LogP contribution < -0.4 is 5.73 Å². The van der Waals surface area contributed by atoms with E-state index >= 15 is 0 Å². The first-order valence-electron chi connectivity index (χ1n) is 7.03. The smallest absolute Gasteiger partial charge is 0.309 e. The first-order valence-corrected chi connectivity index (χ1v) is 7.03. The maximum atomic E-state index is 13.3. The van der Waals surface area contributed by atoms with Crippen LogP contribution in [-0.2, 0) is 9.53 Å². The fraction of sp³-hybridized carbons (Fsp3) is 0.467. The zero-order valence-electron chi connectivity index (χ0n) is 12.0. The summed E-state index contributed by atoms with van der Waals surface area (Å²) in [4.78, 5) is 25.6. The third-order valence-electron chi connectivity index (χ3n) is 3.57. The Hall–Kier alpha value is -2.11. The van der Waals surface area contributed by atoms with Gasteiger partial charge in [-0.3, -0.25) is 9.59 Å². The summed E-state index contributed by atoms with van der Waals surface area (Å²) in [5, 5.41) is 0. The number of carbonyl (C=O) groups is 2. The summed E-state index contributed by atoms with van der Waals surface area (Å²) < 4.78 is 18.3. The number of hydrogen-bond acceptors (Lipinski definition) is 4. The van der Waals surface area contributed by atoms with Crippen LogP contribution in [-0.4, -0.2) is 36.5 Å². The molecule has 0 saturated carbocycles. The van der Waals surface area contributed by atoms with Gasteiger partial charge in [0.25, 0.3) is 5.91 Å². The molecule has 2 rings (SSSR count). The lowest BCUT2D eigenvalue weighted by atomic mass is 9.96. The molecule has 0 spiro atoms. The Morgan fingerprint density at radius 3 is 2.57 bits per heavy atom. The summed E-state index contributed by atoms with van der Waals surface area (Å²) in [6.45, 7) is 3.04. The number of rotatable bonds is 3. The summed E-state index contributed by atoms with van der Waals surface area (Å²) in [5.41, 5.74) is 6.01. The predicted octanol–water partition coefficient (Wildman–Crippen LogP) is 1.82. The highest BCUT2D eigenvalue weighted by atomic mass is 19.1. The molecule has 5 nitrogen and oxygen atoms in total. The Morgan fingerprint density at radius 1 is 1.33 bits per heavy atom. The molecular formula is C15H19FN2O3. The van der Waals surface area contributed by atoms with Crippen LogP contribution in [0.5, 0.6) is 0 Å². The zero-order valence-corrected chi connectivity index (χ0v) is 12.0. The van der Waals surface area contributed by atoms with Crippen LogP contribution in [0.1, 0.15) is 30.1 Å². The highest BCUT2D eigenvalue weighted by Crippen LogP contribution is 2.21. The molecule has 114 valence electrons. The van der Waals surface area contributed by atoms with Crippen molar-refractivity contribution in [2.24, 2.45) is 5.92 Å². The Bertz CT molecular complexity index is 519. The number of halogens is 1. The van der Waals surface area contributed by atoms with Crippen LogP contribution in [0.25, 0.3) is 0 Å². The maximum absolute atomic E-state index is 13.3. The Morgan fingerprint density at radius 2 is 2.00 bits per heavy atom. The molecule has 1 amide bonds. The lowest BCUT2D eigenvalue weighted by Crippen LogP contribution is -2.40. The molecule has 0 aliphatic carbocycles. The number of benzene rings is 1. The second-order valence-electron chi connectivity index (χ2n) is 5.09. The van der Waals surface area contributed by atoms with Crippen LogP contribution in [0.3, 0.4) is 0 Å². The van der Waals surface area contributed by atoms with Crippen molar-refractivity contribution >= 4 is 17.6 Å². The summed E-state index contributed by atoms with van der Waals surface area (Å²) in [6.07, 6.45) is 1.13. The number of nitrogens with two attached hydrogens (primary N) is 1. The monoisotopic (exact) mass is 294 g/mol. The molecule has 0 unspecified atom stereocenters. The fourth-order valence-electron chi connectivity index (χ4n) is 2.50. The number of hydrogen-bond donors (Lipinski definition) is 1. The predicted molar refractivity (Wildman–Crippen MR) is 76.1 cm³/mol. The third-order valence-corrected chi connectivity index (χ3v) is 3.57. The van der Waals surface area contributed by atoms with E-state index in [0.717, 1.165) is 0 Å². The van der Waals surface area contributed by atoms with Crippen LogP contribution in [0.2, 0.25) is 0 Å². The number of anilines is 1. The van der Waals surface area contributed by atoms with Crippen molar-refractivity contribution in [2.45, 2.75) is 19.8 Å². The van der Waals surface area contributed by atoms with E-state index < -0.39 is 5.82 Å². The van der Waals surface area contributed by atoms with Gasteiger partial charge in [0.15, 0.2) is 0 Å². The molecular weight excluding hydrogens is 275 g/mol. The molecule has 21 heavy (non-hydrogen) atoms. The van der Waals surface area contributed by atoms with Gasteiger partial charge >= 0.3 is 5.97 Å². The molecule has 1 aliphatic heterocycles. The number of ether oxygens (including phenoxy) is 1. The minimum Gasteiger partial charge on any atom is -0.466 e. The van der Waals surface area contributed by atoms with Crippen molar-refractivity contribution in [2.75, 3.05) is 25.4 Å². The minimum atomic E-state index is -0.528. The van der Waals surface area contributed by atoms with Crippen molar-refractivity contribution in [3.05, 3.63) is 29.6 Å². The molecule has 0 bridgehead atoms. The number of esters is 1. The largest absolute Gasteiger partial charge is 0.466 e. The minimum absolute atomic E-state index is 0.161. The van der Waals surface area contributed by atoms with Crippen LogP contribution in [0.15, 0.2) is 18.2 Å². The normalized spacial score (nSPS) is 15.8. The molecule has 0 aromatic heterocycles. The van der Waals surface area contributed by atoms with E-state index in [2.05, 4.69) is 0 Å². The topological polar surface area (TPSA) is 72.6 Å². The second kappa shape index (κ2) is 6.56. The molecule has 0 atom stereocenters. The van der Waals surface area contributed by atoms with E-state index in [0.29, 0.717) is 32.5 Å². The van der Waals surface area contributed by atoms with E-state index in [9.17, 15) is 14.0 Å². The van der Waals surface area contributed by atoms with E-state index in [4.69, 9.17) is 10.5 Å². The highest BCUT2D eigenvalue weighted by molar-refractivity contribution is 5.95. The van der Waals surface area contributed by atoms with Crippen LogP contribution >= 0.6 is 0 Å². The Balaban J connectivity index is 1.98. The van der Waals surface area contributed by atoms with Gasteiger partial charge in [0, 0.05) is 24.3 Å². The van der Waals surface area contributed by atoms with E-state index in [1.165, 1.54) is 18.2 Å². The van der Waals surface area contributed by atoms with Gasteiger partial charge in [0.2, 0.25) is 0 Å². The van der Waals surface area contributed by atoms with E-state index in [-0.39, 0.29) is 29.0 Å². The summed E-state index contributed by atoms with van der Waals surface area (Å²) in [5.74, 6) is -1.16. The van der Waals surface area contributed by atoms with Crippen LogP contribution in [0.4, 0.5) is 10.1 Å². The Kier molecular flexibility index (Phi) is 4.77. The third kappa shape index (κ3) is 3.71. The highest BCUT2D eigenvalue weighted by Gasteiger charge is 2.28. The second-order valence-corrected chi connectivity index (χ2v) is 5.09. The quantitative estimate of drug-likeness (QED) is 0.682. The SMILES string of the molecule is CCOC(=O)C1CCN(C(=O)c2cc(N)cc(F)c2)CC1. The van der Waals surface area contributed by atoms with Gasteiger partial charge in [0.1, 0.15) is 5.82 Å². The van der Waals surface area contributed by atoms with Crippen molar-refractivity contribution in [3.8, 4) is 0 Å². The van der Waals surface area contributed by atoms with Crippen LogP contribution in [0, 0.1) is 11.7 Å². The van der Waals surface area contributed by atoms with Crippen molar-refractivity contribution in [3.63, 3.8) is 0 Å². The number of nitrogen functional groups attached to an aromatic ring is 1. The summed E-state index contributed by atoms with van der Waals surface area (Å²) >= 11 is 0. The summed E-state index contributed by atoms with van der Waals surface area (Å²) in [7, 11) is 0. The first kappa shape index (κ1) is 15.3. The van der Waals surface area contributed by atoms with E-state index in [1.54, 1.807) is 11.8 Å². The van der Waals surface area contributed by atoms with Gasteiger partial charge in [-0.15, -0.1) is 0 Å². The lowest BCUT2D eigenvalue weighted by molar-refractivity contribution is -0.149. The van der Waals surface area contributed by atoms with Crippen molar-refractivity contribution < 1.29 is 18.7 Å².